The average molecular weight is 504 g/mol. The first kappa shape index (κ1) is 24.2. The molecule has 1 unspecified atom stereocenters. The fourth-order valence-electron chi connectivity index (χ4n) is 4.48. The van der Waals surface area contributed by atoms with Gasteiger partial charge in [-0.2, -0.15) is 0 Å². The van der Waals surface area contributed by atoms with E-state index >= 15 is 0 Å². The van der Waals surface area contributed by atoms with Crippen LogP contribution in [0.2, 0.25) is 0 Å². The fourth-order valence-corrected chi connectivity index (χ4v) is 5.45. The molecule has 3 heterocycles. The molecule has 0 aliphatic carbocycles. The van der Waals surface area contributed by atoms with E-state index in [0.717, 1.165) is 53.1 Å². The summed E-state index contributed by atoms with van der Waals surface area (Å²) in [4.78, 5) is 29.1. The number of benzene rings is 2. The number of hydrogen-bond donors (Lipinski definition) is 0. The average Bonchev–Trinajstić information content (AvgIpc) is 3.44. The van der Waals surface area contributed by atoms with E-state index in [9.17, 15) is 9.59 Å². The topological polar surface area (TPSA) is 85.5 Å². The van der Waals surface area contributed by atoms with Gasteiger partial charge in [0, 0.05) is 6.42 Å². The van der Waals surface area contributed by atoms with Gasteiger partial charge in [0.25, 0.3) is 5.91 Å². The smallest absolute Gasteiger partial charge is 0.297 e. The fraction of sp³-hybridized carbons (Fsp3) is 0.357. The van der Waals surface area contributed by atoms with E-state index in [1.807, 2.05) is 50.2 Å². The Balaban J connectivity index is 1.66. The van der Waals surface area contributed by atoms with Crippen molar-refractivity contribution in [3.05, 3.63) is 79.6 Å². The number of carbonyl (C=O) groups is 1. The van der Waals surface area contributed by atoms with E-state index in [4.69, 9.17) is 9.15 Å². The molecule has 0 bridgehead atoms. The molecule has 2 aromatic heterocycles. The van der Waals surface area contributed by atoms with Crippen LogP contribution in [-0.2, 0) is 6.42 Å². The number of aryl methyl sites for hydroxylation is 3. The Morgan fingerprint density at radius 3 is 2.50 bits per heavy atom. The van der Waals surface area contributed by atoms with Crippen LogP contribution in [0.1, 0.15) is 77.0 Å². The Bertz CT molecular complexity index is 1490. The number of ether oxygens (including phenoxy) is 1. The third-order valence-corrected chi connectivity index (χ3v) is 7.56. The van der Waals surface area contributed by atoms with Crippen molar-refractivity contribution in [2.75, 3.05) is 11.5 Å². The van der Waals surface area contributed by atoms with E-state index in [1.165, 1.54) is 11.3 Å². The molecule has 0 radical (unpaired) electrons. The van der Waals surface area contributed by atoms with Gasteiger partial charge in [0.2, 0.25) is 10.9 Å². The second-order valence-electron chi connectivity index (χ2n) is 9.18. The predicted molar refractivity (Wildman–Crippen MR) is 141 cm³/mol. The molecule has 4 aromatic rings. The van der Waals surface area contributed by atoms with Gasteiger partial charge in [0.05, 0.1) is 23.6 Å². The molecule has 7 nitrogen and oxygen atoms in total. The number of rotatable bonds is 8. The van der Waals surface area contributed by atoms with E-state index in [2.05, 4.69) is 24.0 Å². The SMILES string of the molecule is CCCCOc1ccc(C2c3c(oc4cc(C)c(C)cc4c3=O)C(=O)N2c2nnc(CCC)s2)cc1. The lowest BCUT2D eigenvalue weighted by atomic mass is 9.97. The van der Waals surface area contributed by atoms with Gasteiger partial charge in [0.1, 0.15) is 16.3 Å². The molecule has 5 rings (SSSR count). The van der Waals surface area contributed by atoms with Crippen molar-refractivity contribution >= 4 is 33.3 Å². The van der Waals surface area contributed by atoms with Crippen LogP contribution in [0.15, 0.2) is 45.6 Å². The van der Waals surface area contributed by atoms with Gasteiger partial charge < -0.3 is 9.15 Å². The first-order valence-electron chi connectivity index (χ1n) is 12.4. The highest BCUT2D eigenvalue weighted by molar-refractivity contribution is 7.15. The largest absolute Gasteiger partial charge is 0.494 e. The highest BCUT2D eigenvalue weighted by Crippen LogP contribution is 2.42. The number of hydrogen-bond acceptors (Lipinski definition) is 7. The first-order valence-corrected chi connectivity index (χ1v) is 13.2. The third kappa shape index (κ3) is 4.19. The van der Waals surface area contributed by atoms with Crippen molar-refractivity contribution in [3.8, 4) is 5.75 Å². The zero-order valence-electron chi connectivity index (χ0n) is 21.0. The summed E-state index contributed by atoms with van der Waals surface area (Å²) in [5, 5.41) is 10.4. The lowest BCUT2D eigenvalue weighted by molar-refractivity contribution is 0.0970. The Morgan fingerprint density at radius 1 is 1.03 bits per heavy atom. The van der Waals surface area contributed by atoms with Crippen molar-refractivity contribution in [1.82, 2.24) is 10.2 Å². The quantitative estimate of drug-likeness (QED) is 0.268. The minimum atomic E-state index is -0.665. The molecular formula is C28H29N3O4S. The minimum absolute atomic E-state index is 0.0660. The van der Waals surface area contributed by atoms with Crippen LogP contribution in [0.4, 0.5) is 5.13 Å². The zero-order valence-corrected chi connectivity index (χ0v) is 21.8. The van der Waals surface area contributed by atoms with Crippen LogP contribution in [0.5, 0.6) is 5.75 Å². The van der Waals surface area contributed by atoms with Crippen LogP contribution in [0, 0.1) is 13.8 Å². The van der Waals surface area contributed by atoms with Gasteiger partial charge in [-0.3, -0.25) is 14.5 Å². The Labute approximate surface area is 213 Å². The second-order valence-corrected chi connectivity index (χ2v) is 10.2. The van der Waals surface area contributed by atoms with Crippen LogP contribution in [0.3, 0.4) is 0 Å². The number of amides is 1. The molecule has 0 saturated carbocycles. The predicted octanol–water partition coefficient (Wildman–Crippen LogP) is 6.14. The molecule has 1 amide bonds. The van der Waals surface area contributed by atoms with Gasteiger partial charge in [0.15, 0.2) is 5.43 Å². The molecule has 2 aromatic carbocycles. The third-order valence-electron chi connectivity index (χ3n) is 6.58. The molecule has 0 N–H and O–H groups in total. The van der Waals surface area contributed by atoms with Gasteiger partial charge in [-0.25, -0.2) is 0 Å². The number of aromatic nitrogens is 2. The molecular weight excluding hydrogens is 474 g/mol. The highest BCUT2D eigenvalue weighted by atomic mass is 32.1. The Morgan fingerprint density at radius 2 is 1.78 bits per heavy atom. The van der Waals surface area contributed by atoms with Gasteiger partial charge in [-0.05, 0) is 67.6 Å². The standard InChI is InChI=1S/C28H29N3O4S/c1-5-7-13-34-19-11-9-18(10-12-19)24-23-25(32)20-14-16(3)17(4)15-21(20)35-26(23)27(33)31(24)28-30-29-22(36-28)8-6-2/h9-12,14-15,24H,5-8,13H2,1-4H3. The van der Waals surface area contributed by atoms with E-state index < -0.39 is 6.04 Å². The Kier molecular flexibility index (Phi) is 6.62. The molecule has 0 saturated heterocycles. The monoisotopic (exact) mass is 503 g/mol. The number of unbranched alkanes of at least 4 members (excludes halogenated alkanes) is 1. The van der Waals surface area contributed by atoms with Crippen LogP contribution in [-0.4, -0.2) is 22.7 Å². The van der Waals surface area contributed by atoms with E-state index in [-0.39, 0.29) is 17.1 Å². The number of nitrogens with zero attached hydrogens (tertiary/aromatic N) is 3. The van der Waals surface area contributed by atoms with Crippen molar-refractivity contribution < 1.29 is 13.9 Å². The van der Waals surface area contributed by atoms with E-state index in [1.54, 1.807) is 4.90 Å². The minimum Gasteiger partial charge on any atom is -0.494 e. The van der Waals surface area contributed by atoms with Gasteiger partial charge >= 0.3 is 0 Å². The summed E-state index contributed by atoms with van der Waals surface area (Å²) in [6.45, 7) is 8.76. The molecule has 36 heavy (non-hydrogen) atoms. The maximum absolute atomic E-state index is 13.8. The highest BCUT2D eigenvalue weighted by Gasteiger charge is 2.45. The molecule has 0 spiro atoms. The zero-order chi connectivity index (χ0) is 25.4. The molecule has 1 aliphatic rings. The molecule has 1 aliphatic heterocycles. The summed E-state index contributed by atoms with van der Waals surface area (Å²) >= 11 is 1.37. The summed E-state index contributed by atoms with van der Waals surface area (Å²) in [5.41, 5.74) is 3.33. The second kappa shape index (κ2) is 9.85. The summed E-state index contributed by atoms with van der Waals surface area (Å²) in [6, 6.07) is 10.6. The number of fused-ring (bicyclic) bond motifs is 2. The summed E-state index contributed by atoms with van der Waals surface area (Å²) < 4.78 is 11.9. The summed E-state index contributed by atoms with van der Waals surface area (Å²) in [5.74, 6) is 0.437. The number of carbonyl (C=O) groups excluding carboxylic acids is 1. The lowest BCUT2D eigenvalue weighted by Crippen LogP contribution is -2.29. The number of anilines is 1. The van der Waals surface area contributed by atoms with Crippen LogP contribution in [0.25, 0.3) is 11.0 Å². The van der Waals surface area contributed by atoms with Crippen molar-refractivity contribution in [1.29, 1.82) is 0 Å². The summed E-state index contributed by atoms with van der Waals surface area (Å²) in [6.07, 6.45) is 3.74. The van der Waals surface area contributed by atoms with Crippen molar-refractivity contribution in [2.24, 2.45) is 0 Å². The normalized spacial score (nSPS) is 15.1. The van der Waals surface area contributed by atoms with Crippen molar-refractivity contribution in [2.45, 2.75) is 59.4 Å². The molecule has 1 atom stereocenters. The molecule has 8 heteroatoms. The van der Waals surface area contributed by atoms with Crippen LogP contribution >= 0.6 is 11.3 Å². The van der Waals surface area contributed by atoms with Crippen molar-refractivity contribution in [3.63, 3.8) is 0 Å². The molecule has 186 valence electrons. The lowest BCUT2D eigenvalue weighted by Gasteiger charge is -2.22. The summed E-state index contributed by atoms with van der Waals surface area (Å²) in [7, 11) is 0. The maximum Gasteiger partial charge on any atom is 0.297 e. The first-order chi connectivity index (χ1) is 17.4. The van der Waals surface area contributed by atoms with E-state index in [0.29, 0.717) is 28.3 Å². The molecule has 0 fully saturated rings. The van der Waals surface area contributed by atoms with Gasteiger partial charge in [-0.1, -0.05) is 43.7 Å². The Hall–Kier alpha value is -3.52. The van der Waals surface area contributed by atoms with Crippen LogP contribution < -0.4 is 15.1 Å². The maximum atomic E-state index is 13.8. The van der Waals surface area contributed by atoms with Gasteiger partial charge in [-0.15, -0.1) is 10.2 Å².